The highest BCUT2D eigenvalue weighted by Crippen LogP contribution is 2.23. The Bertz CT molecular complexity index is 1020. The van der Waals surface area contributed by atoms with Crippen LogP contribution in [0.15, 0.2) is 54.6 Å². The largest absolute Gasteiger partial charge is 0.461 e. The second-order valence-electron chi connectivity index (χ2n) is 9.41. The molecule has 0 amide bonds. The van der Waals surface area contributed by atoms with Gasteiger partial charge < -0.3 is 23.8 Å². The monoisotopic (exact) mass is 483 g/mol. The van der Waals surface area contributed by atoms with Gasteiger partial charge in [0.1, 0.15) is 18.3 Å². The molecular weight excluding hydrogens is 450 g/mol. The van der Waals surface area contributed by atoms with Gasteiger partial charge in [0, 0.05) is 25.7 Å². The maximum absolute atomic E-state index is 12.7. The number of rotatable bonds is 8. The first-order valence-electron chi connectivity index (χ1n) is 11.7. The molecule has 3 rings (SSSR count). The van der Waals surface area contributed by atoms with Crippen LogP contribution in [-0.4, -0.2) is 55.4 Å². The Morgan fingerprint density at radius 3 is 2.46 bits per heavy atom. The zero-order chi connectivity index (χ0) is 25.4. The number of benzene rings is 2. The van der Waals surface area contributed by atoms with E-state index in [9.17, 15) is 14.4 Å². The Hall–Kier alpha value is -3.39. The molecule has 0 radical (unpaired) electrons. The van der Waals surface area contributed by atoms with Crippen LogP contribution in [0.1, 0.15) is 38.8 Å². The van der Waals surface area contributed by atoms with Crippen molar-refractivity contribution in [3.05, 3.63) is 65.7 Å². The number of hydrogen-bond donors (Lipinski definition) is 0. The Kier molecular flexibility index (Phi) is 8.87. The van der Waals surface area contributed by atoms with Gasteiger partial charge in [0.2, 0.25) is 6.10 Å². The van der Waals surface area contributed by atoms with E-state index in [1.807, 2.05) is 59.5 Å². The molecule has 2 aromatic rings. The molecule has 2 atom stereocenters. The number of nitrogens with zero attached hydrogens (tertiary/aromatic N) is 1. The fraction of sp³-hybridized carbons (Fsp3) is 0.444. The molecule has 0 spiro atoms. The number of morpholine rings is 1. The maximum atomic E-state index is 12.7. The van der Waals surface area contributed by atoms with Crippen molar-refractivity contribution >= 4 is 23.6 Å². The number of carbonyl (C=O) groups excluding carboxylic acids is 3. The summed E-state index contributed by atoms with van der Waals surface area (Å²) in [5, 5.41) is 0. The fourth-order valence-corrected chi connectivity index (χ4v) is 3.73. The Morgan fingerprint density at radius 1 is 1.06 bits per heavy atom. The highest BCUT2D eigenvalue weighted by Gasteiger charge is 2.38. The van der Waals surface area contributed by atoms with Crippen molar-refractivity contribution in [1.29, 1.82) is 0 Å². The van der Waals surface area contributed by atoms with Gasteiger partial charge in [0.05, 0.1) is 13.0 Å². The quantitative estimate of drug-likeness (QED) is 0.417. The maximum Gasteiger partial charge on any atom is 0.350 e. The van der Waals surface area contributed by atoms with E-state index in [4.69, 9.17) is 18.9 Å². The molecule has 0 saturated carbocycles. The zero-order valence-electron chi connectivity index (χ0n) is 20.7. The van der Waals surface area contributed by atoms with Crippen LogP contribution in [-0.2, 0) is 46.4 Å². The Labute approximate surface area is 206 Å². The van der Waals surface area contributed by atoms with Crippen molar-refractivity contribution in [2.24, 2.45) is 0 Å². The van der Waals surface area contributed by atoms with E-state index in [0.717, 1.165) is 16.8 Å². The summed E-state index contributed by atoms with van der Waals surface area (Å²) in [6, 6.07) is 17.1. The molecule has 1 aliphatic rings. The van der Waals surface area contributed by atoms with Crippen LogP contribution in [0.3, 0.4) is 0 Å². The van der Waals surface area contributed by atoms with Crippen LogP contribution in [0.25, 0.3) is 0 Å². The van der Waals surface area contributed by atoms with E-state index < -0.39 is 29.7 Å². The van der Waals surface area contributed by atoms with Crippen LogP contribution in [0.4, 0.5) is 5.69 Å². The minimum absolute atomic E-state index is 0.141. The minimum Gasteiger partial charge on any atom is -0.461 e. The summed E-state index contributed by atoms with van der Waals surface area (Å²) < 4.78 is 21.9. The van der Waals surface area contributed by atoms with Crippen molar-refractivity contribution in [2.45, 2.75) is 58.5 Å². The number of hydrogen-bond acceptors (Lipinski definition) is 8. The topological polar surface area (TPSA) is 91.4 Å². The Morgan fingerprint density at radius 2 is 1.77 bits per heavy atom. The lowest BCUT2D eigenvalue weighted by molar-refractivity contribution is -0.185. The van der Waals surface area contributed by atoms with E-state index in [0.29, 0.717) is 19.7 Å². The van der Waals surface area contributed by atoms with E-state index in [2.05, 4.69) is 0 Å². The molecule has 1 fully saturated rings. The SMILES string of the molecule is CC(=O)O[C@@H](C(=O)OC(C)(C)C)[C@@H]1CN(c2cccc(CC(=O)OCc3ccccc3)c2)CCO1. The molecular formula is C27H33NO7. The van der Waals surface area contributed by atoms with E-state index in [-0.39, 0.29) is 19.0 Å². The molecule has 8 heteroatoms. The first-order valence-corrected chi connectivity index (χ1v) is 11.7. The average molecular weight is 484 g/mol. The second kappa shape index (κ2) is 11.8. The summed E-state index contributed by atoms with van der Waals surface area (Å²) >= 11 is 0. The minimum atomic E-state index is -1.18. The Balaban J connectivity index is 1.65. The molecule has 8 nitrogen and oxygen atoms in total. The molecule has 1 saturated heterocycles. The van der Waals surface area contributed by atoms with Crippen LogP contribution < -0.4 is 4.90 Å². The molecule has 2 aromatic carbocycles. The van der Waals surface area contributed by atoms with Gasteiger partial charge in [0.25, 0.3) is 0 Å². The second-order valence-corrected chi connectivity index (χ2v) is 9.41. The molecule has 0 N–H and O–H groups in total. The van der Waals surface area contributed by atoms with Crippen molar-refractivity contribution in [1.82, 2.24) is 0 Å². The van der Waals surface area contributed by atoms with Gasteiger partial charge in [-0.3, -0.25) is 9.59 Å². The summed E-state index contributed by atoms with van der Waals surface area (Å²) in [5.41, 5.74) is 1.89. The summed E-state index contributed by atoms with van der Waals surface area (Å²) in [5.74, 6) is -1.54. The first-order chi connectivity index (χ1) is 16.6. The molecule has 0 bridgehead atoms. The van der Waals surface area contributed by atoms with Crippen LogP contribution in [0.2, 0.25) is 0 Å². The third-order valence-corrected chi connectivity index (χ3v) is 5.23. The molecule has 0 aliphatic carbocycles. The standard InChI is InChI=1S/C27H33NO7/c1-19(29)34-25(26(31)35-27(2,3)4)23-17-28(13-14-32-23)22-12-8-11-21(15-22)16-24(30)33-18-20-9-6-5-7-10-20/h5-12,15,23,25H,13-14,16-18H2,1-4H3/t23-,25+/m0/s1. The van der Waals surface area contributed by atoms with Gasteiger partial charge in [-0.2, -0.15) is 0 Å². The molecule has 188 valence electrons. The van der Waals surface area contributed by atoms with Crippen molar-refractivity contribution in [3.8, 4) is 0 Å². The smallest absolute Gasteiger partial charge is 0.350 e. The average Bonchev–Trinajstić information content (AvgIpc) is 2.81. The van der Waals surface area contributed by atoms with Gasteiger partial charge in [0.15, 0.2) is 0 Å². The predicted molar refractivity (Wildman–Crippen MR) is 130 cm³/mol. The fourth-order valence-electron chi connectivity index (χ4n) is 3.73. The van der Waals surface area contributed by atoms with Gasteiger partial charge in [-0.1, -0.05) is 42.5 Å². The molecule has 1 aliphatic heterocycles. The predicted octanol–water partition coefficient (Wildman–Crippen LogP) is 3.45. The normalized spacial score (nSPS) is 16.8. The van der Waals surface area contributed by atoms with Crippen molar-refractivity contribution in [2.75, 3.05) is 24.6 Å². The van der Waals surface area contributed by atoms with Crippen molar-refractivity contribution < 1.29 is 33.3 Å². The van der Waals surface area contributed by atoms with Gasteiger partial charge in [-0.05, 0) is 44.0 Å². The van der Waals surface area contributed by atoms with E-state index >= 15 is 0 Å². The zero-order valence-corrected chi connectivity index (χ0v) is 20.7. The molecule has 35 heavy (non-hydrogen) atoms. The van der Waals surface area contributed by atoms with E-state index in [1.165, 1.54) is 6.92 Å². The summed E-state index contributed by atoms with van der Waals surface area (Å²) in [4.78, 5) is 38.8. The number of esters is 3. The van der Waals surface area contributed by atoms with Crippen LogP contribution in [0.5, 0.6) is 0 Å². The van der Waals surface area contributed by atoms with Gasteiger partial charge in [-0.25, -0.2) is 4.79 Å². The van der Waals surface area contributed by atoms with Crippen LogP contribution >= 0.6 is 0 Å². The third kappa shape index (κ3) is 8.40. The highest BCUT2D eigenvalue weighted by atomic mass is 16.6. The lowest BCUT2D eigenvalue weighted by Crippen LogP contribution is -2.52. The van der Waals surface area contributed by atoms with E-state index in [1.54, 1.807) is 20.8 Å². The van der Waals surface area contributed by atoms with Gasteiger partial charge in [-0.15, -0.1) is 0 Å². The molecule has 1 heterocycles. The number of carbonyl (C=O) groups is 3. The lowest BCUT2D eigenvalue weighted by Gasteiger charge is -2.37. The molecule has 0 unspecified atom stereocenters. The number of anilines is 1. The lowest BCUT2D eigenvalue weighted by atomic mass is 10.1. The van der Waals surface area contributed by atoms with Crippen molar-refractivity contribution in [3.63, 3.8) is 0 Å². The first kappa shape index (κ1) is 26.2. The highest BCUT2D eigenvalue weighted by molar-refractivity contribution is 5.80. The summed E-state index contributed by atoms with van der Waals surface area (Å²) in [6.07, 6.45) is -1.73. The summed E-state index contributed by atoms with van der Waals surface area (Å²) in [6.45, 7) is 7.97. The summed E-state index contributed by atoms with van der Waals surface area (Å²) in [7, 11) is 0. The third-order valence-electron chi connectivity index (χ3n) is 5.23. The molecule has 0 aromatic heterocycles. The van der Waals surface area contributed by atoms with Gasteiger partial charge >= 0.3 is 17.9 Å². The number of ether oxygens (including phenoxy) is 4. The van der Waals surface area contributed by atoms with Crippen LogP contribution in [0, 0.1) is 0 Å².